The summed E-state index contributed by atoms with van der Waals surface area (Å²) in [5.41, 5.74) is 5.89. The molecule has 0 saturated heterocycles. The smallest absolute Gasteiger partial charge is 0.0476 e. The Labute approximate surface area is 280 Å². The Morgan fingerprint density at radius 2 is 0.979 bits per heavy atom. The molecule has 0 fully saturated rings. The van der Waals surface area contributed by atoms with Crippen LogP contribution in [0, 0.1) is 0 Å². The first-order valence-corrected chi connectivity index (χ1v) is 17.6. The fourth-order valence-corrected chi connectivity index (χ4v) is 9.75. The molecule has 0 saturated carbocycles. The summed E-state index contributed by atoms with van der Waals surface area (Å²) in [7, 11) is 0. The number of hydrogen-bond acceptors (Lipinski definition) is 3. The first-order chi connectivity index (χ1) is 23.3. The van der Waals surface area contributed by atoms with Crippen LogP contribution in [0.1, 0.15) is 0 Å². The maximum absolute atomic E-state index is 2.37. The lowest BCUT2D eigenvalue weighted by Crippen LogP contribution is -2.09. The summed E-state index contributed by atoms with van der Waals surface area (Å²) in [4.78, 5) is 2.37. The monoisotopic (exact) mass is 633 g/mol. The van der Waals surface area contributed by atoms with E-state index in [0.717, 1.165) is 17.1 Å². The zero-order valence-electron chi connectivity index (χ0n) is 25.4. The fraction of sp³-hybridized carbons (Fsp3) is 0. The molecule has 2 aromatic heterocycles. The lowest BCUT2D eigenvalue weighted by molar-refractivity contribution is 1.29. The van der Waals surface area contributed by atoms with Crippen molar-refractivity contribution in [3.8, 4) is 11.1 Å². The van der Waals surface area contributed by atoms with Crippen molar-refractivity contribution in [3.63, 3.8) is 0 Å². The second-order valence-electron chi connectivity index (χ2n) is 12.1. The van der Waals surface area contributed by atoms with Crippen LogP contribution in [0.3, 0.4) is 0 Å². The molecular weight excluding hydrogens is 607 g/mol. The number of benzene rings is 8. The van der Waals surface area contributed by atoms with E-state index in [2.05, 4.69) is 169 Å². The average Bonchev–Trinajstić information content (AvgIpc) is 3.70. The summed E-state index contributed by atoms with van der Waals surface area (Å²) >= 11 is 3.83. The summed E-state index contributed by atoms with van der Waals surface area (Å²) in [6, 6.07) is 59.9. The zero-order chi connectivity index (χ0) is 30.9. The van der Waals surface area contributed by atoms with Crippen LogP contribution in [-0.4, -0.2) is 0 Å². The van der Waals surface area contributed by atoms with Crippen LogP contribution in [0.25, 0.3) is 73.0 Å². The van der Waals surface area contributed by atoms with Gasteiger partial charge in [-0.25, -0.2) is 0 Å². The van der Waals surface area contributed by atoms with Crippen molar-refractivity contribution in [1.29, 1.82) is 0 Å². The highest BCUT2D eigenvalue weighted by molar-refractivity contribution is 7.30. The van der Waals surface area contributed by atoms with E-state index in [0.29, 0.717) is 0 Å². The highest BCUT2D eigenvalue weighted by atomic mass is 32.1. The van der Waals surface area contributed by atoms with E-state index in [4.69, 9.17) is 0 Å². The number of hydrogen-bond donors (Lipinski definition) is 0. The van der Waals surface area contributed by atoms with Gasteiger partial charge in [-0.2, -0.15) is 0 Å². The third kappa shape index (κ3) is 4.28. The van der Waals surface area contributed by atoms with Gasteiger partial charge < -0.3 is 4.90 Å². The molecule has 3 heteroatoms. The molecule has 0 atom stereocenters. The van der Waals surface area contributed by atoms with Crippen molar-refractivity contribution in [2.75, 3.05) is 4.90 Å². The van der Waals surface area contributed by atoms with Gasteiger partial charge in [-0.15, -0.1) is 22.7 Å². The van der Waals surface area contributed by atoms with Crippen molar-refractivity contribution in [2.24, 2.45) is 0 Å². The van der Waals surface area contributed by atoms with E-state index < -0.39 is 0 Å². The molecule has 1 nitrogen and oxygen atoms in total. The van der Waals surface area contributed by atoms with E-state index in [-0.39, 0.29) is 0 Å². The van der Waals surface area contributed by atoms with Crippen molar-refractivity contribution >= 4 is 102 Å². The molecule has 0 bridgehead atoms. The van der Waals surface area contributed by atoms with Crippen molar-refractivity contribution in [1.82, 2.24) is 0 Å². The SMILES string of the molecule is c1ccc(N(c2ccc(-c3ccc4ccccc4c3)cc2)c2ccc3c(c2)sc2ccc4c5ccc6ccccc6c5sc4c23)cc1. The zero-order valence-corrected chi connectivity index (χ0v) is 27.0. The van der Waals surface area contributed by atoms with Crippen LogP contribution in [0.15, 0.2) is 164 Å². The quantitative estimate of drug-likeness (QED) is 0.186. The largest absolute Gasteiger partial charge is 0.310 e. The van der Waals surface area contributed by atoms with E-state index in [1.807, 2.05) is 22.7 Å². The van der Waals surface area contributed by atoms with Crippen LogP contribution < -0.4 is 4.90 Å². The van der Waals surface area contributed by atoms with Gasteiger partial charge in [-0.1, -0.05) is 115 Å². The molecule has 0 spiro atoms. The average molecular weight is 634 g/mol. The van der Waals surface area contributed by atoms with Crippen molar-refractivity contribution < 1.29 is 0 Å². The van der Waals surface area contributed by atoms with Crippen molar-refractivity contribution in [2.45, 2.75) is 0 Å². The Morgan fingerprint density at radius 3 is 1.85 bits per heavy atom. The minimum absolute atomic E-state index is 1.14. The molecule has 2 heterocycles. The summed E-state index contributed by atoms with van der Waals surface area (Å²) in [6.07, 6.45) is 0. The molecule has 0 radical (unpaired) electrons. The van der Waals surface area contributed by atoms with Gasteiger partial charge in [-0.3, -0.25) is 0 Å². The second kappa shape index (κ2) is 10.5. The molecule has 0 unspecified atom stereocenters. The number of rotatable bonds is 4. The highest BCUT2D eigenvalue weighted by Gasteiger charge is 2.18. The molecule has 0 N–H and O–H groups in total. The summed E-state index contributed by atoms with van der Waals surface area (Å²) in [6.45, 7) is 0. The molecule has 0 amide bonds. The molecule has 10 aromatic rings. The Bertz CT molecular complexity index is 2790. The summed E-state index contributed by atoms with van der Waals surface area (Å²) < 4.78 is 5.41. The minimum Gasteiger partial charge on any atom is -0.310 e. The summed E-state index contributed by atoms with van der Waals surface area (Å²) in [5.74, 6) is 0. The van der Waals surface area contributed by atoms with Gasteiger partial charge in [0, 0.05) is 57.4 Å². The molecular formula is C44H27NS2. The molecule has 0 aliphatic heterocycles. The predicted molar refractivity (Wildman–Crippen MR) is 207 cm³/mol. The molecule has 10 rings (SSSR count). The molecule has 8 aromatic carbocycles. The number of thiophene rings is 2. The van der Waals surface area contributed by atoms with Gasteiger partial charge in [0.15, 0.2) is 0 Å². The lowest BCUT2D eigenvalue weighted by Gasteiger charge is -2.25. The van der Waals surface area contributed by atoms with Gasteiger partial charge in [0.1, 0.15) is 0 Å². The van der Waals surface area contributed by atoms with Gasteiger partial charge in [0.2, 0.25) is 0 Å². The van der Waals surface area contributed by atoms with Gasteiger partial charge in [-0.05, 0) is 81.2 Å². The van der Waals surface area contributed by atoms with Crippen LogP contribution in [0.2, 0.25) is 0 Å². The molecule has 0 aliphatic rings. The Balaban J connectivity index is 1.11. The van der Waals surface area contributed by atoms with Crippen LogP contribution in [0.4, 0.5) is 17.1 Å². The van der Waals surface area contributed by atoms with E-state index in [1.54, 1.807) is 0 Å². The Hall–Kier alpha value is -5.48. The normalized spacial score (nSPS) is 11.8. The topological polar surface area (TPSA) is 3.24 Å². The minimum atomic E-state index is 1.14. The van der Waals surface area contributed by atoms with E-state index in [9.17, 15) is 0 Å². The molecule has 0 aliphatic carbocycles. The fourth-order valence-electron chi connectivity index (χ4n) is 7.15. The molecule has 47 heavy (non-hydrogen) atoms. The number of nitrogens with zero attached hydrogens (tertiary/aromatic N) is 1. The van der Waals surface area contributed by atoms with Crippen LogP contribution >= 0.6 is 22.7 Å². The number of para-hydroxylation sites is 1. The standard InChI is InChI=1S/C44H27NS2/c1-2-11-33(12-3-1)45(34-19-16-29(17-20-34)32-15-14-28-8-4-5-10-31(28)26-32)35-21-23-39-41(27-35)46-40-25-24-38-37-22-18-30-9-6-7-13-36(30)43(37)47-44(38)42(39)40/h1-27H. The molecule has 220 valence electrons. The number of anilines is 3. The Morgan fingerprint density at radius 1 is 0.340 bits per heavy atom. The first kappa shape index (κ1) is 26.7. The second-order valence-corrected chi connectivity index (χ2v) is 14.2. The number of fused-ring (bicyclic) bond motifs is 10. The maximum Gasteiger partial charge on any atom is 0.0476 e. The van der Waals surface area contributed by atoms with Crippen LogP contribution in [0.5, 0.6) is 0 Å². The van der Waals surface area contributed by atoms with E-state index in [1.165, 1.54) is 73.0 Å². The highest BCUT2D eigenvalue weighted by Crippen LogP contribution is 2.47. The van der Waals surface area contributed by atoms with Crippen LogP contribution in [-0.2, 0) is 0 Å². The third-order valence-corrected chi connectivity index (χ3v) is 11.8. The van der Waals surface area contributed by atoms with Gasteiger partial charge in [0.25, 0.3) is 0 Å². The Kier molecular flexibility index (Phi) is 5.98. The van der Waals surface area contributed by atoms with E-state index >= 15 is 0 Å². The summed E-state index contributed by atoms with van der Waals surface area (Å²) in [5, 5.41) is 10.6. The predicted octanol–water partition coefficient (Wildman–Crippen LogP) is 13.9. The maximum atomic E-state index is 2.37. The lowest BCUT2D eigenvalue weighted by atomic mass is 10.0. The first-order valence-electron chi connectivity index (χ1n) is 15.9. The third-order valence-electron chi connectivity index (χ3n) is 9.43. The van der Waals surface area contributed by atoms with Gasteiger partial charge >= 0.3 is 0 Å². The van der Waals surface area contributed by atoms with Crippen molar-refractivity contribution in [3.05, 3.63) is 164 Å². The van der Waals surface area contributed by atoms with Gasteiger partial charge in [0.05, 0.1) is 0 Å².